The average molecular weight is 416 g/mol. The molecule has 8 heteroatoms. The number of thioether (sulfide) groups is 1. The van der Waals surface area contributed by atoms with Gasteiger partial charge in [0.05, 0.1) is 16.7 Å². The fourth-order valence-corrected chi connectivity index (χ4v) is 3.88. The standard InChI is InChI=1S/C18H19ClFNO3S2/c1-12(13-4-7-16(8-5-13)26(2,23)24)21-18(22)11-25-10-14-3-6-15(19)9-17(14)20/h3-9,12H,10-11H2,1-2H3,(H,21,22)/t12-/m1/s1. The first-order valence-electron chi connectivity index (χ1n) is 7.78. The van der Waals surface area contributed by atoms with Crippen LogP contribution >= 0.6 is 23.4 Å². The number of amides is 1. The summed E-state index contributed by atoms with van der Waals surface area (Å²) in [5, 5.41) is 3.18. The van der Waals surface area contributed by atoms with Crippen molar-refractivity contribution in [2.75, 3.05) is 12.0 Å². The molecule has 0 saturated heterocycles. The van der Waals surface area contributed by atoms with Crippen molar-refractivity contribution in [2.24, 2.45) is 0 Å². The van der Waals surface area contributed by atoms with Crippen LogP contribution in [-0.4, -0.2) is 26.3 Å². The molecule has 1 amide bonds. The Kier molecular flexibility index (Phi) is 7.08. The van der Waals surface area contributed by atoms with Gasteiger partial charge in [0.2, 0.25) is 5.91 Å². The maximum atomic E-state index is 13.7. The molecule has 2 aromatic rings. The Morgan fingerprint density at radius 2 is 1.88 bits per heavy atom. The van der Waals surface area contributed by atoms with Crippen molar-refractivity contribution in [3.8, 4) is 0 Å². The van der Waals surface area contributed by atoms with Crippen molar-refractivity contribution in [3.05, 3.63) is 64.4 Å². The van der Waals surface area contributed by atoms with Crippen LogP contribution in [0.15, 0.2) is 47.4 Å². The van der Waals surface area contributed by atoms with Crippen LogP contribution in [0.3, 0.4) is 0 Å². The molecule has 1 atom stereocenters. The molecule has 140 valence electrons. The molecule has 0 spiro atoms. The topological polar surface area (TPSA) is 63.2 Å². The van der Waals surface area contributed by atoms with E-state index < -0.39 is 9.84 Å². The monoisotopic (exact) mass is 415 g/mol. The Hall–Kier alpha value is -1.57. The lowest BCUT2D eigenvalue weighted by molar-refractivity contribution is -0.119. The number of hydrogen-bond acceptors (Lipinski definition) is 4. The van der Waals surface area contributed by atoms with Crippen molar-refractivity contribution in [2.45, 2.75) is 23.6 Å². The first-order chi connectivity index (χ1) is 12.2. The van der Waals surface area contributed by atoms with Crippen LogP contribution in [0.4, 0.5) is 4.39 Å². The molecule has 0 radical (unpaired) electrons. The van der Waals surface area contributed by atoms with E-state index in [9.17, 15) is 17.6 Å². The van der Waals surface area contributed by atoms with Crippen LogP contribution in [0, 0.1) is 5.82 Å². The predicted molar refractivity (Wildman–Crippen MR) is 104 cm³/mol. The highest BCUT2D eigenvalue weighted by Gasteiger charge is 2.12. The van der Waals surface area contributed by atoms with Crippen LogP contribution in [0.2, 0.25) is 5.02 Å². The van der Waals surface area contributed by atoms with E-state index in [0.29, 0.717) is 16.3 Å². The van der Waals surface area contributed by atoms with Crippen LogP contribution in [-0.2, 0) is 20.4 Å². The average Bonchev–Trinajstić information content (AvgIpc) is 2.56. The second-order valence-electron chi connectivity index (χ2n) is 5.86. The molecular weight excluding hydrogens is 397 g/mol. The quantitative estimate of drug-likeness (QED) is 0.742. The van der Waals surface area contributed by atoms with E-state index in [1.807, 2.05) is 6.92 Å². The number of hydrogen-bond donors (Lipinski definition) is 1. The summed E-state index contributed by atoms with van der Waals surface area (Å²) >= 11 is 7.01. The third-order valence-electron chi connectivity index (χ3n) is 3.69. The maximum Gasteiger partial charge on any atom is 0.230 e. The van der Waals surface area contributed by atoms with Gasteiger partial charge in [-0.2, -0.15) is 0 Å². The molecular formula is C18H19ClFNO3S2. The Morgan fingerprint density at radius 3 is 2.46 bits per heavy atom. The van der Waals surface area contributed by atoms with E-state index >= 15 is 0 Å². The zero-order valence-electron chi connectivity index (χ0n) is 14.3. The predicted octanol–water partition coefficient (Wildman–Crippen LogP) is 3.99. The Morgan fingerprint density at radius 1 is 1.23 bits per heavy atom. The molecule has 0 aromatic heterocycles. The van der Waals surface area contributed by atoms with E-state index in [1.165, 1.54) is 30.0 Å². The van der Waals surface area contributed by atoms with E-state index in [1.54, 1.807) is 24.3 Å². The number of sulfone groups is 1. The molecule has 0 saturated carbocycles. The molecule has 0 aliphatic carbocycles. The second kappa shape index (κ2) is 8.88. The summed E-state index contributed by atoms with van der Waals surface area (Å²) in [6.07, 6.45) is 1.15. The lowest BCUT2D eigenvalue weighted by Gasteiger charge is -2.14. The highest BCUT2D eigenvalue weighted by Crippen LogP contribution is 2.20. The third kappa shape index (κ3) is 6.00. The minimum absolute atomic E-state index is 0.177. The van der Waals surface area contributed by atoms with Crippen LogP contribution in [0.5, 0.6) is 0 Å². The highest BCUT2D eigenvalue weighted by atomic mass is 35.5. The number of carbonyl (C=O) groups excluding carboxylic acids is 1. The van der Waals surface area contributed by atoms with Gasteiger partial charge in [-0.3, -0.25) is 4.79 Å². The Labute approximate surface area is 162 Å². The fraction of sp³-hybridized carbons (Fsp3) is 0.278. The molecule has 2 aromatic carbocycles. The van der Waals surface area contributed by atoms with E-state index in [0.717, 1.165) is 11.8 Å². The fourth-order valence-electron chi connectivity index (χ4n) is 2.26. The zero-order chi connectivity index (χ0) is 19.3. The third-order valence-corrected chi connectivity index (χ3v) is 6.04. The molecule has 0 unspecified atom stereocenters. The zero-order valence-corrected chi connectivity index (χ0v) is 16.7. The van der Waals surface area contributed by atoms with E-state index in [2.05, 4.69) is 5.32 Å². The number of nitrogens with one attached hydrogen (secondary N) is 1. The molecule has 2 rings (SSSR count). The van der Waals surface area contributed by atoms with Gasteiger partial charge in [0.25, 0.3) is 0 Å². The summed E-state index contributed by atoms with van der Waals surface area (Å²) in [6.45, 7) is 1.82. The van der Waals surface area contributed by atoms with Crippen molar-refractivity contribution in [3.63, 3.8) is 0 Å². The molecule has 1 N–H and O–H groups in total. The highest BCUT2D eigenvalue weighted by molar-refractivity contribution is 7.99. The lowest BCUT2D eigenvalue weighted by atomic mass is 10.1. The van der Waals surface area contributed by atoms with Crippen molar-refractivity contribution >= 4 is 39.1 Å². The number of halogens is 2. The number of carbonyl (C=O) groups is 1. The van der Waals surface area contributed by atoms with Crippen molar-refractivity contribution < 1.29 is 17.6 Å². The number of benzene rings is 2. The molecule has 4 nitrogen and oxygen atoms in total. The summed E-state index contributed by atoms with van der Waals surface area (Å²) in [6, 6.07) is 10.6. The van der Waals surface area contributed by atoms with Gasteiger partial charge < -0.3 is 5.32 Å². The van der Waals surface area contributed by atoms with Gasteiger partial charge >= 0.3 is 0 Å². The van der Waals surface area contributed by atoms with Gasteiger partial charge in [0, 0.05) is 17.0 Å². The minimum Gasteiger partial charge on any atom is -0.349 e. The van der Waals surface area contributed by atoms with Gasteiger partial charge in [0.1, 0.15) is 5.82 Å². The molecule has 0 fully saturated rings. The molecule has 0 bridgehead atoms. The summed E-state index contributed by atoms with van der Waals surface area (Å²) in [5.41, 5.74) is 1.30. The van der Waals surface area contributed by atoms with E-state index in [-0.39, 0.29) is 28.4 Å². The van der Waals surface area contributed by atoms with Crippen LogP contribution < -0.4 is 5.32 Å². The number of rotatable bonds is 7. The molecule has 0 heterocycles. The largest absolute Gasteiger partial charge is 0.349 e. The smallest absolute Gasteiger partial charge is 0.230 e. The maximum absolute atomic E-state index is 13.7. The summed E-state index contributed by atoms with van der Waals surface area (Å²) in [7, 11) is -3.24. The van der Waals surface area contributed by atoms with Gasteiger partial charge in [-0.15, -0.1) is 11.8 Å². The van der Waals surface area contributed by atoms with Crippen LogP contribution in [0.1, 0.15) is 24.1 Å². The molecule has 0 aliphatic rings. The summed E-state index contributed by atoms with van der Waals surface area (Å²) in [4.78, 5) is 12.3. The van der Waals surface area contributed by atoms with Gasteiger partial charge in [0.15, 0.2) is 9.84 Å². The Bertz CT molecular complexity index is 886. The second-order valence-corrected chi connectivity index (χ2v) is 9.30. The first kappa shape index (κ1) is 20.7. The van der Waals surface area contributed by atoms with Crippen LogP contribution in [0.25, 0.3) is 0 Å². The summed E-state index contributed by atoms with van der Waals surface area (Å²) < 4.78 is 36.6. The van der Waals surface area contributed by atoms with Gasteiger partial charge in [-0.05, 0) is 42.3 Å². The summed E-state index contributed by atoms with van der Waals surface area (Å²) in [5.74, 6) is -0.00406. The molecule has 26 heavy (non-hydrogen) atoms. The van der Waals surface area contributed by atoms with Gasteiger partial charge in [-0.1, -0.05) is 29.8 Å². The SMILES string of the molecule is C[C@@H](NC(=O)CSCc1ccc(Cl)cc1F)c1ccc(S(C)(=O)=O)cc1. The van der Waals surface area contributed by atoms with Gasteiger partial charge in [-0.25, -0.2) is 12.8 Å². The lowest BCUT2D eigenvalue weighted by Crippen LogP contribution is -2.28. The molecule has 0 aliphatic heterocycles. The minimum atomic E-state index is -3.24. The van der Waals surface area contributed by atoms with Crippen molar-refractivity contribution in [1.82, 2.24) is 5.32 Å². The van der Waals surface area contributed by atoms with E-state index in [4.69, 9.17) is 11.6 Å². The normalized spacial score (nSPS) is 12.6. The first-order valence-corrected chi connectivity index (χ1v) is 11.2. The Balaban J connectivity index is 1.85. The van der Waals surface area contributed by atoms with Crippen molar-refractivity contribution in [1.29, 1.82) is 0 Å².